The molecule has 4 aromatic rings. The molecule has 0 amide bonds. The maximum absolute atomic E-state index is 14.0. The summed E-state index contributed by atoms with van der Waals surface area (Å²) in [5, 5.41) is 15.5. The molecule has 0 spiro atoms. The number of rotatable bonds is 8. The first-order chi connectivity index (χ1) is 16.9. The normalized spacial score (nSPS) is 16.1. The summed E-state index contributed by atoms with van der Waals surface area (Å²) in [6.45, 7) is 6.52. The van der Waals surface area contributed by atoms with Crippen molar-refractivity contribution in [3.05, 3.63) is 64.8 Å². The number of aliphatic hydroxyl groups excluding tert-OH is 1. The molecule has 0 bridgehead atoms. The van der Waals surface area contributed by atoms with Gasteiger partial charge in [0.25, 0.3) is 0 Å². The van der Waals surface area contributed by atoms with E-state index in [1.807, 2.05) is 25.1 Å². The standard InChI is InChI=1S/C25H26F2N4O3S/c1-16-28-23-12-20(3-5-25(23)35-16)33-15-19(32)14-31-8-6-30(7-9-31)13-18-11-24(34-29-18)21-4-2-17(26)10-22(21)27/h2-5,10-12,19,32H,6-9,13-15H2,1H3. The Morgan fingerprint density at radius 3 is 2.69 bits per heavy atom. The molecule has 7 nitrogen and oxygen atoms in total. The third-order valence-corrected chi connectivity index (χ3v) is 6.94. The van der Waals surface area contributed by atoms with Crippen molar-refractivity contribution >= 4 is 21.6 Å². The van der Waals surface area contributed by atoms with Crippen molar-refractivity contribution in [2.75, 3.05) is 39.3 Å². The van der Waals surface area contributed by atoms with Crippen LogP contribution in [0, 0.1) is 18.6 Å². The first-order valence-electron chi connectivity index (χ1n) is 11.5. The number of aromatic nitrogens is 2. The van der Waals surface area contributed by atoms with Gasteiger partial charge >= 0.3 is 0 Å². The molecule has 1 saturated heterocycles. The first-order valence-corrected chi connectivity index (χ1v) is 12.3. The Kier molecular flexibility index (Phi) is 7.05. The third kappa shape index (κ3) is 5.84. The zero-order valence-electron chi connectivity index (χ0n) is 19.3. The number of piperazine rings is 1. The van der Waals surface area contributed by atoms with E-state index in [0.717, 1.165) is 47.5 Å². The average molecular weight is 501 g/mol. The molecule has 1 atom stereocenters. The van der Waals surface area contributed by atoms with Crippen molar-refractivity contribution in [3.63, 3.8) is 0 Å². The summed E-state index contributed by atoms with van der Waals surface area (Å²) in [5.41, 5.74) is 1.79. The van der Waals surface area contributed by atoms with Crippen LogP contribution in [0.25, 0.3) is 21.5 Å². The van der Waals surface area contributed by atoms with E-state index in [1.54, 1.807) is 17.4 Å². The number of benzene rings is 2. The lowest BCUT2D eigenvalue weighted by atomic mass is 10.1. The summed E-state index contributed by atoms with van der Waals surface area (Å²) >= 11 is 1.65. The molecule has 2 aromatic carbocycles. The smallest absolute Gasteiger partial charge is 0.170 e. The number of nitrogens with zero attached hydrogens (tertiary/aromatic N) is 4. The van der Waals surface area contributed by atoms with Gasteiger partial charge in [-0.15, -0.1) is 11.3 Å². The van der Waals surface area contributed by atoms with Crippen molar-refractivity contribution in [1.82, 2.24) is 19.9 Å². The molecule has 184 valence electrons. The molecule has 3 heterocycles. The van der Waals surface area contributed by atoms with Gasteiger partial charge in [0.1, 0.15) is 30.1 Å². The highest BCUT2D eigenvalue weighted by Gasteiger charge is 2.21. The summed E-state index contributed by atoms with van der Waals surface area (Å²) in [6, 6.07) is 10.9. The Balaban J connectivity index is 1.07. The third-order valence-electron chi connectivity index (χ3n) is 5.98. The Morgan fingerprint density at radius 2 is 1.89 bits per heavy atom. The predicted octanol–water partition coefficient (Wildman–Crippen LogP) is 4.10. The molecular formula is C25H26F2N4O3S. The highest BCUT2D eigenvalue weighted by atomic mass is 32.1. The highest BCUT2D eigenvalue weighted by Crippen LogP contribution is 2.26. The van der Waals surface area contributed by atoms with E-state index in [-0.39, 0.29) is 17.9 Å². The Bertz CT molecular complexity index is 1300. The number of halogens is 2. The maximum atomic E-state index is 14.0. The number of hydrogen-bond donors (Lipinski definition) is 1. The fourth-order valence-electron chi connectivity index (χ4n) is 4.22. The van der Waals surface area contributed by atoms with E-state index < -0.39 is 17.7 Å². The van der Waals surface area contributed by atoms with Gasteiger partial charge in [-0.2, -0.15) is 0 Å². The second-order valence-corrected chi connectivity index (χ2v) is 9.95. The second kappa shape index (κ2) is 10.4. The SMILES string of the molecule is Cc1nc2cc(OCC(O)CN3CCN(Cc4cc(-c5ccc(F)cc5F)on4)CC3)ccc2s1. The van der Waals surface area contributed by atoms with Gasteiger partial charge in [0.05, 0.1) is 26.5 Å². The van der Waals surface area contributed by atoms with Crippen LogP contribution in [0.5, 0.6) is 5.75 Å². The molecule has 2 aromatic heterocycles. The molecule has 1 aliphatic rings. The number of aliphatic hydroxyl groups is 1. The summed E-state index contributed by atoms with van der Waals surface area (Å²) < 4.78 is 39.3. The molecule has 0 aliphatic carbocycles. The van der Waals surface area contributed by atoms with Crippen LogP contribution in [0.1, 0.15) is 10.7 Å². The van der Waals surface area contributed by atoms with Crippen molar-refractivity contribution < 1.29 is 23.1 Å². The van der Waals surface area contributed by atoms with Gasteiger partial charge < -0.3 is 14.4 Å². The molecular weight excluding hydrogens is 474 g/mol. The Hall–Kier alpha value is -2.92. The lowest BCUT2D eigenvalue weighted by Crippen LogP contribution is -2.48. The van der Waals surface area contributed by atoms with Crippen LogP contribution in [-0.4, -0.2) is 70.5 Å². The van der Waals surface area contributed by atoms with Crippen molar-refractivity contribution in [3.8, 4) is 17.1 Å². The molecule has 1 fully saturated rings. The highest BCUT2D eigenvalue weighted by molar-refractivity contribution is 7.18. The van der Waals surface area contributed by atoms with Gasteiger partial charge in [-0.3, -0.25) is 9.80 Å². The summed E-state index contributed by atoms with van der Waals surface area (Å²) in [5.74, 6) is -0.321. The van der Waals surface area contributed by atoms with Gasteiger partial charge in [0.2, 0.25) is 0 Å². The van der Waals surface area contributed by atoms with E-state index in [1.165, 1.54) is 12.1 Å². The van der Waals surface area contributed by atoms with Gasteiger partial charge in [0, 0.05) is 57.5 Å². The minimum Gasteiger partial charge on any atom is -0.491 e. The average Bonchev–Trinajstić information content (AvgIpc) is 3.44. The van der Waals surface area contributed by atoms with Gasteiger partial charge in [-0.1, -0.05) is 5.16 Å². The van der Waals surface area contributed by atoms with Gasteiger partial charge in [0.15, 0.2) is 5.76 Å². The van der Waals surface area contributed by atoms with Crippen LogP contribution in [0.3, 0.4) is 0 Å². The summed E-state index contributed by atoms with van der Waals surface area (Å²) in [4.78, 5) is 8.91. The number of hydrogen-bond acceptors (Lipinski definition) is 8. The first kappa shape index (κ1) is 23.8. The van der Waals surface area contributed by atoms with Crippen LogP contribution in [0.15, 0.2) is 47.0 Å². The van der Waals surface area contributed by atoms with Crippen LogP contribution in [0.4, 0.5) is 8.78 Å². The van der Waals surface area contributed by atoms with Crippen LogP contribution >= 0.6 is 11.3 Å². The number of aryl methyl sites for hydroxylation is 1. The Morgan fingerprint density at radius 1 is 1.09 bits per heavy atom. The number of β-amino-alcohol motifs (C(OH)–C–C–N with tert-alkyl or cyclic N) is 1. The fraction of sp³-hybridized carbons (Fsp3) is 0.360. The molecule has 10 heteroatoms. The number of fused-ring (bicyclic) bond motifs is 1. The minimum atomic E-state index is -0.678. The van der Waals surface area contributed by atoms with Crippen molar-refractivity contribution in [2.45, 2.75) is 19.6 Å². The summed E-state index contributed by atoms with van der Waals surface area (Å²) in [6.07, 6.45) is -0.599. The monoisotopic (exact) mass is 500 g/mol. The number of ether oxygens (including phenoxy) is 1. The summed E-state index contributed by atoms with van der Waals surface area (Å²) in [7, 11) is 0. The predicted molar refractivity (Wildman–Crippen MR) is 129 cm³/mol. The number of thiazole rings is 1. The quantitative estimate of drug-likeness (QED) is 0.391. The molecule has 1 N–H and O–H groups in total. The maximum Gasteiger partial charge on any atom is 0.170 e. The van der Waals surface area contributed by atoms with E-state index in [4.69, 9.17) is 9.26 Å². The van der Waals surface area contributed by atoms with Crippen LogP contribution in [-0.2, 0) is 6.54 Å². The molecule has 5 rings (SSSR count). The molecule has 1 aliphatic heterocycles. The van der Waals surface area contributed by atoms with Crippen molar-refractivity contribution in [1.29, 1.82) is 0 Å². The topological polar surface area (TPSA) is 74.9 Å². The van der Waals surface area contributed by atoms with E-state index in [9.17, 15) is 13.9 Å². The van der Waals surface area contributed by atoms with E-state index in [2.05, 4.69) is 19.9 Å². The van der Waals surface area contributed by atoms with Crippen LogP contribution in [0.2, 0.25) is 0 Å². The zero-order chi connectivity index (χ0) is 24.4. The Labute approximate surface area is 205 Å². The largest absolute Gasteiger partial charge is 0.491 e. The van der Waals surface area contributed by atoms with Crippen molar-refractivity contribution in [2.24, 2.45) is 0 Å². The minimum absolute atomic E-state index is 0.188. The molecule has 35 heavy (non-hydrogen) atoms. The lowest BCUT2D eigenvalue weighted by molar-refractivity contribution is 0.0442. The molecule has 0 radical (unpaired) electrons. The van der Waals surface area contributed by atoms with Gasteiger partial charge in [-0.05, 0) is 31.2 Å². The molecule has 1 unspecified atom stereocenters. The fourth-order valence-corrected chi connectivity index (χ4v) is 5.02. The van der Waals surface area contributed by atoms with E-state index >= 15 is 0 Å². The zero-order valence-corrected chi connectivity index (χ0v) is 20.1. The second-order valence-electron chi connectivity index (χ2n) is 8.71. The van der Waals surface area contributed by atoms with Crippen LogP contribution < -0.4 is 4.74 Å². The van der Waals surface area contributed by atoms with E-state index in [0.29, 0.717) is 24.5 Å². The lowest BCUT2D eigenvalue weighted by Gasteiger charge is -2.35. The van der Waals surface area contributed by atoms with Gasteiger partial charge in [-0.25, -0.2) is 13.8 Å². The molecule has 0 saturated carbocycles.